The molecule has 2 rings (SSSR count). The van der Waals surface area contributed by atoms with E-state index >= 15 is 0 Å². The van der Waals surface area contributed by atoms with Gasteiger partial charge in [-0.25, -0.2) is 0 Å². The van der Waals surface area contributed by atoms with Crippen LogP contribution in [-0.4, -0.2) is 49.6 Å². The molecular weight excluding hydrogens is 302 g/mol. The molecule has 0 aromatic rings. The van der Waals surface area contributed by atoms with Crippen molar-refractivity contribution in [2.45, 2.75) is 59.3 Å². The summed E-state index contributed by atoms with van der Waals surface area (Å²) >= 11 is 0. The minimum Gasteiger partial charge on any atom is -0.466 e. The monoisotopic (exact) mass is 337 g/mol. The first-order valence-corrected chi connectivity index (χ1v) is 9.83. The van der Waals surface area contributed by atoms with Crippen LogP contribution in [-0.2, 0) is 9.53 Å². The minimum atomic E-state index is -0.0320. The number of carbonyl (C=O) groups is 1. The molecule has 1 N–H and O–H groups in total. The van der Waals surface area contributed by atoms with Crippen LogP contribution in [0, 0.1) is 17.8 Å². The number of piperidine rings is 1. The zero-order valence-electron chi connectivity index (χ0n) is 15.7. The van der Waals surface area contributed by atoms with Crippen molar-refractivity contribution >= 4 is 11.9 Å². The van der Waals surface area contributed by atoms with E-state index in [4.69, 9.17) is 9.73 Å². The Labute approximate surface area is 147 Å². The average molecular weight is 338 g/mol. The van der Waals surface area contributed by atoms with Crippen molar-refractivity contribution in [1.82, 2.24) is 10.2 Å². The van der Waals surface area contributed by atoms with Crippen LogP contribution in [0.25, 0.3) is 0 Å². The molecule has 5 nitrogen and oxygen atoms in total. The van der Waals surface area contributed by atoms with E-state index in [1.807, 2.05) is 6.92 Å². The number of ether oxygens (including phenoxy) is 1. The molecule has 2 aliphatic rings. The summed E-state index contributed by atoms with van der Waals surface area (Å²) in [6, 6.07) is 0. The molecule has 0 unspecified atom stereocenters. The number of guanidine groups is 1. The molecule has 1 heterocycles. The third-order valence-electron chi connectivity index (χ3n) is 5.38. The Bertz CT molecular complexity index is 409. The highest BCUT2D eigenvalue weighted by Gasteiger charge is 2.27. The van der Waals surface area contributed by atoms with Crippen LogP contribution in [0.15, 0.2) is 4.99 Å². The average Bonchev–Trinajstić information content (AvgIpc) is 2.60. The number of rotatable bonds is 5. The van der Waals surface area contributed by atoms with Gasteiger partial charge in [0, 0.05) is 26.2 Å². The molecular formula is C19H35N3O2. The third kappa shape index (κ3) is 5.67. The van der Waals surface area contributed by atoms with Gasteiger partial charge >= 0.3 is 5.97 Å². The maximum atomic E-state index is 11.9. The fraction of sp³-hybridized carbons (Fsp3) is 0.895. The number of aliphatic imine (C=N–C) groups is 1. The smallest absolute Gasteiger partial charge is 0.309 e. The van der Waals surface area contributed by atoms with Gasteiger partial charge in [0.15, 0.2) is 5.96 Å². The maximum absolute atomic E-state index is 11.9. The SMILES string of the molecule is CCNC(=NCC1CCC(C)CC1)N1CCC(C(=O)OCC)CC1. The van der Waals surface area contributed by atoms with Crippen molar-refractivity contribution in [3.05, 3.63) is 0 Å². The lowest BCUT2D eigenvalue weighted by atomic mass is 9.83. The second kappa shape index (κ2) is 9.90. The van der Waals surface area contributed by atoms with Gasteiger partial charge in [-0.15, -0.1) is 0 Å². The first kappa shape index (κ1) is 19.1. The Hall–Kier alpha value is -1.26. The Morgan fingerprint density at radius 1 is 1.12 bits per heavy atom. The molecule has 5 heteroatoms. The van der Waals surface area contributed by atoms with E-state index in [0.29, 0.717) is 6.61 Å². The third-order valence-corrected chi connectivity index (χ3v) is 5.38. The van der Waals surface area contributed by atoms with Gasteiger partial charge in [0.1, 0.15) is 0 Å². The molecule has 2 fully saturated rings. The van der Waals surface area contributed by atoms with Crippen LogP contribution in [0.5, 0.6) is 0 Å². The van der Waals surface area contributed by atoms with Gasteiger partial charge < -0.3 is 15.0 Å². The lowest BCUT2D eigenvalue weighted by Crippen LogP contribution is -2.47. The number of nitrogens with one attached hydrogen (secondary N) is 1. The topological polar surface area (TPSA) is 53.9 Å². The van der Waals surface area contributed by atoms with E-state index in [1.54, 1.807) is 0 Å². The first-order chi connectivity index (χ1) is 11.6. The van der Waals surface area contributed by atoms with Crippen LogP contribution in [0.2, 0.25) is 0 Å². The molecule has 1 saturated heterocycles. The van der Waals surface area contributed by atoms with E-state index in [2.05, 4.69) is 24.1 Å². The number of hydrogen-bond donors (Lipinski definition) is 1. The highest BCUT2D eigenvalue weighted by molar-refractivity contribution is 5.80. The Balaban J connectivity index is 1.84. The van der Waals surface area contributed by atoms with Crippen LogP contribution in [0.1, 0.15) is 59.3 Å². The molecule has 0 bridgehead atoms. The van der Waals surface area contributed by atoms with Crippen LogP contribution in [0.4, 0.5) is 0 Å². The van der Waals surface area contributed by atoms with Gasteiger partial charge in [0.25, 0.3) is 0 Å². The van der Waals surface area contributed by atoms with E-state index in [0.717, 1.165) is 56.8 Å². The quantitative estimate of drug-likeness (QED) is 0.476. The Morgan fingerprint density at radius 2 is 1.79 bits per heavy atom. The molecule has 0 amide bonds. The highest BCUT2D eigenvalue weighted by atomic mass is 16.5. The summed E-state index contributed by atoms with van der Waals surface area (Å²) in [4.78, 5) is 19.1. The molecule has 0 aromatic heterocycles. The van der Waals surface area contributed by atoms with Gasteiger partial charge in [0.2, 0.25) is 0 Å². The number of esters is 1. The zero-order valence-corrected chi connectivity index (χ0v) is 15.7. The summed E-state index contributed by atoms with van der Waals surface area (Å²) in [5.41, 5.74) is 0. The van der Waals surface area contributed by atoms with Gasteiger partial charge in [-0.1, -0.05) is 19.8 Å². The molecule has 0 spiro atoms. The van der Waals surface area contributed by atoms with Crippen molar-refractivity contribution in [2.75, 3.05) is 32.8 Å². The van der Waals surface area contributed by atoms with Crippen LogP contribution < -0.4 is 5.32 Å². The summed E-state index contributed by atoms with van der Waals surface area (Å²) in [5, 5.41) is 3.43. The number of likely N-dealkylation sites (tertiary alicyclic amines) is 1. The highest BCUT2D eigenvalue weighted by Crippen LogP contribution is 2.28. The van der Waals surface area contributed by atoms with E-state index < -0.39 is 0 Å². The predicted molar refractivity (Wildman–Crippen MR) is 98.0 cm³/mol. The van der Waals surface area contributed by atoms with Crippen molar-refractivity contribution in [2.24, 2.45) is 22.7 Å². The molecule has 0 radical (unpaired) electrons. The summed E-state index contributed by atoms with van der Waals surface area (Å²) in [7, 11) is 0. The summed E-state index contributed by atoms with van der Waals surface area (Å²) in [5.74, 6) is 2.69. The summed E-state index contributed by atoms with van der Waals surface area (Å²) in [6.45, 7) is 10.4. The molecule has 0 aromatic carbocycles. The summed E-state index contributed by atoms with van der Waals surface area (Å²) in [6.07, 6.45) is 7.06. The van der Waals surface area contributed by atoms with Crippen molar-refractivity contribution in [3.63, 3.8) is 0 Å². The fourth-order valence-corrected chi connectivity index (χ4v) is 3.74. The molecule has 138 valence electrons. The largest absolute Gasteiger partial charge is 0.466 e. The van der Waals surface area contributed by atoms with Crippen LogP contribution in [0.3, 0.4) is 0 Å². The van der Waals surface area contributed by atoms with Crippen molar-refractivity contribution in [1.29, 1.82) is 0 Å². The first-order valence-electron chi connectivity index (χ1n) is 9.83. The predicted octanol–water partition coefficient (Wildman–Crippen LogP) is 3.05. The molecule has 1 saturated carbocycles. The summed E-state index contributed by atoms with van der Waals surface area (Å²) < 4.78 is 5.16. The van der Waals surface area contributed by atoms with Gasteiger partial charge in [0.05, 0.1) is 12.5 Å². The second-order valence-electron chi connectivity index (χ2n) is 7.33. The molecule has 1 aliphatic heterocycles. The fourth-order valence-electron chi connectivity index (χ4n) is 3.74. The molecule has 24 heavy (non-hydrogen) atoms. The number of hydrogen-bond acceptors (Lipinski definition) is 3. The van der Waals surface area contributed by atoms with Gasteiger partial charge in [-0.3, -0.25) is 9.79 Å². The zero-order chi connectivity index (χ0) is 17.4. The normalized spacial score (nSPS) is 26.3. The maximum Gasteiger partial charge on any atom is 0.309 e. The Morgan fingerprint density at radius 3 is 2.38 bits per heavy atom. The Kier molecular flexibility index (Phi) is 7.86. The standard InChI is InChI=1S/C19H35N3O2/c1-4-20-19(21-14-16-8-6-15(3)7-9-16)22-12-10-17(11-13-22)18(23)24-5-2/h15-17H,4-14H2,1-3H3,(H,20,21). The molecule has 1 aliphatic carbocycles. The van der Waals surface area contributed by atoms with E-state index in [1.165, 1.54) is 25.7 Å². The number of carbonyl (C=O) groups excluding carboxylic acids is 1. The number of nitrogens with zero attached hydrogens (tertiary/aromatic N) is 2. The lowest BCUT2D eigenvalue weighted by molar-refractivity contribution is -0.149. The van der Waals surface area contributed by atoms with E-state index in [9.17, 15) is 4.79 Å². The van der Waals surface area contributed by atoms with E-state index in [-0.39, 0.29) is 11.9 Å². The second-order valence-corrected chi connectivity index (χ2v) is 7.33. The van der Waals surface area contributed by atoms with Crippen molar-refractivity contribution in [3.8, 4) is 0 Å². The van der Waals surface area contributed by atoms with Gasteiger partial charge in [-0.05, 0) is 51.4 Å². The minimum absolute atomic E-state index is 0.0320. The van der Waals surface area contributed by atoms with Crippen molar-refractivity contribution < 1.29 is 9.53 Å². The lowest BCUT2D eigenvalue weighted by Gasteiger charge is -2.33. The van der Waals surface area contributed by atoms with Gasteiger partial charge in [-0.2, -0.15) is 0 Å². The molecule has 0 atom stereocenters. The van der Waals surface area contributed by atoms with Crippen LogP contribution >= 0.6 is 0 Å².